The van der Waals surface area contributed by atoms with Gasteiger partial charge in [-0.25, -0.2) is 0 Å². The molecule has 6 nitrogen and oxygen atoms in total. The fraction of sp³-hybridized carbons (Fsp3) is 0.556. The number of carbonyl (C=O) groups excluding carboxylic acids is 1. The lowest BCUT2D eigenvalue weighted by Gasteiger charge is -2.27. The summed E-state index contributed by atoms with van der Waals surface area (Å²) in [6.07, 6.45) is 1.29. The van der Waals surface area contributed by atoms with Crippen LogP contribution < -0.4 is 10.1 Å². The summed E-state index contributed by atoms with van der Waals surface area (Å²) < 4.78 is 10.9. The average Bonchev–Trinajstić information content (AvgIpc) is 2.94. The van der Waals surface area contributed by atoms with E-state index >= 15 is 0 Å². The van der Waals surface area contributed by atoms with Crippen LogP contribution in [0.3, 0.4) is 0 Å². The molecule has 24 heavy (non-hydrogen) atoms. The van der Waals surface area contributed by atoms with Gasteiger partial charge in [0.15, 0.2) is 0 Å². The highest BCUT2D eigenvalue weighted by atomic mass is 16.5. The van der Waals surface area contributed by atoms with E-state index in [9.17, 15) is 9.59 Å². The number of nitrogens with one attached hydrogen (secondary N) is 1. The summed E-state index contributed by atoms with van der Waals surface area (Å²) in [4.78, 5) is 23.1. The molecular weight excluding hydrogens is 310 g/mol. The fourth-order valence-corrected chi connectivity index (χ4v) is 2.76. The molecule has 0 aliphatic carbocycles. The molecule has 1 unspecified atom stereocenters. The second kappa shape index (κ2) is 8.15. The van der Waals surface area contributed by atoms with Gasteiger partial charge in [-0.1, -0.05) is 6.07 Å². The van der Waals surface area contributed by atoms with Gasteiger partial charge in [0.25, 0.3) is 0 Å². The van der Waals surface area contributed by atoms with E-state index in [4.69, 9.17) is 14.6 Å². The van der Waals surface area contributed by atoms with E-state index in [0.717, 1.165) is 5.75 Å². The van der Waals surface area contributed by atoms with Crippen molar-refractivity contribution in [2.75, 3.05) is 19.8 Å². The van der Waals surface area contributed by atoms with Crippen LogP contribution >= 0.6 is 0 Å². The molecule has 1 aliphatic rings. The number of benzene rings is 1. The molecule has 1 atom stereocenters. The highest BCUT2D eigenvalue weighted by Crippen LogP contribution is 2.23. The van der Waals surface area contributed by atoms with Crippen molar-refractivity contribution in [1.82, 2.24) is 5.32 Å². The summed E-state index contributed by atoms with van der Waals surface area (Å²) in [5.74, 6) is -0.297. The zero-order valence-corrected chi connectivity index (χ0v) is 14.3. The summed E-state index contributed by atoms with van der Waals surface area (Å²) in [7, 11) is 0. The molecule has 1 aromatic rings. The number of carbonyl (C=O) groups is 2. The summed E-state index contributed by atoms with van der Waals surface area (Å²) in [6, 6.07) is 5.90. The lowest BCUT2D eigenvalue weighted by molar-refractivity contribution is -0.139. The standard InChI is InChI=1S/C18H25NO5/c1-13-5-6-15(10-14(13)2)24-8-3-4-16(20)19-18(11-17(21)22)7-9-23-12-18/h5-6,10H,3-4,7-9,11-12H2,1-2H3,(H,19,20)(H,21,22). The molecule has 1 fully saturated rings. The van der Waals surface area contributed by atoms with Gasteiger partial charge in [-0.3, -0.25) is 9.59 Å². The number of aryl methyl sites for hydroxylation is 2. The first-order valence-corrected chi connectivity index (χ1v) is 8.21. The van der Waals surface area contributed by atoms with Crippen molar-refractivity contribution in [2.24, 2.45) is 0 Å². The number of aliphatic carboxylic acids is 1. The van der Waals surface area contributed by atoms with E-state index in [1.165, 1.54) is 11.1 Å². The molecule has 0 spiro atoms. The van der Waals surface area contributed by atoms with Crippen LogP contribution in [0.15, 0.2) is 18.2 Å². The van der Waals surface area contributed by atoms with Gasteiger partial charge in [0.1, 0.15) is 5.75 Å². The zero-order valence-electron chi connectivity index (χ0n) is 14.3. The van der Waals surface area contributed by atoms with E-state index in [2.05, 4.69) is 5.32 Å². The molecule has 2 N–H and O–H groups in total. The second-order valence-electron chi connectivity index (χ2n) is 6.40. The Hall–Kier alpha value is -2.08. The van der Waals surface area contributed by atoms with Crippen LogP contribution in [0.5, 0.6) is 5.75 Å². The molecule has 0 saturated carbocycles. The van der Waals surface area contributed by atoms with E-state index in [1.807, 2.05) is 32.0 Å². The molecule has 132 valence electrons. The van der Waals surface area contributed by atoms with Crippen LogP contribution in [0.2, 0.25) is 0 Å². The third-order valence-corrected chi connectivity index (χ3v) is 4.29. The van der Waals surface area contributed by atoms with Crippen molar-refractivity contribution in [2.45, 2.75) is 45.1 Å². The maximum Gasteiger partial charge on any atom is 0.305 e. The Morgan fingerprint density at radius 3 is 2.75 bits per heavy atom. The van der Waals surface area contributed by atoms with E-state index in [1.54, 1.807) is 0 Å². The smallest absolute Gasteiger partial charge is 0.305 e. The quantitative estimate of drug-likeness (QED) is 0.712. The van der Waals surface area contributed by atoms with Gasteiger partial charge in [-0.15, -0.1) is 0 Å². The lowest BCUT2D eigenvalue weighted by atomic mass is 9.94. The zero-order chi connectivity index (χ0) is 17.6. The van der Waals surface area contributed by atoms with Gasteiger partial charge >= 0.3 is 5.97 Å². The Bertz CT molecular complexity index is 593. The first-order valence-electron chi connectivity index (χ1n) is 8.21. The molecular formula is C18H25NO5. The predicted molar refractivity (Wildman–Crippen MR) is 89.2 cm³/mol. The lowest BCUT2D eigenvalue weighted by Crippen LogP contribution is -2.50. The summed E-state index contributed by atoms with van der Waals surface area (Å²) in [6.45, 7) is 5.25. The number of carboxylic acids is 1. The van der Waals surface area contributed by atoms with E-state index in [0.29, 0.717) is 32.5 Å². The SMILES string of the molecule is Cc1ccc(OCCCC(=O)NC2(CC(=O)O)CCOC2)cc1C. The number of carboxylic acid groups (broad SMARTS) is 1. The first kappa shape index (κ1) is 18.3. The average molecular weight is 335 g/mol. The highest BCUT2D eigenvalue weighted by molar-refractivity contribution is 5.78. The van der Waals surface area contributed by atoms with Crippen molar-refractivity contribution in [1.29, 1.82) is 0 Å². The maximum atomic E-state index is 12.1. The molecule has 1 saturated heterocycles. The fourth-order valence-electron chi connectivity index (χ4n) is 2.76. The molecule has 6 heteroatoms. The third kappa shape index (κ3) is 5.23. The van der Waals surface area contributed by atoms with Crippen molar-refractivity contribution in [3.05, 3.63) is 29.3 Å². The molecule has 2 rings (SSSR count). The Kier molecular flexibility index (Phi) is 6.20. The maximum absolute atomic E-state index is 12.1. The summed E-state index contributed by atoms with van der Waals surface area (Å²) >= 11 is 0. The Morgan fingerprint density at radius 2 is 2.12 bits per heavy atom. The number of hydrogen-bond donors (Lipinski definition) is 2. The Morgan fingerprint density at radius 1 is 1.33 bits per heavy atom. The number of amides is 1. The minimum absolute atomic E-state index is 0.113. The largest absolute Gasteiger partial charge is 0.494 e. The third-order valence-electron chi connectivity index (χ3n) is 4.29. The molecule has 1 aliphatic heterocycles. The second-order valence-corrected chi connectivity index (χ2v) is 6.40. The van der Waals surface area contributed by atoms with Gasteiger partial charge in [0.05, 0.1) is 25.2 Å². The van der Waals surface area contributed by atoms with E-state index < -0.39 is 11.5 Å². The minimum atomic E-state index is -0.932. The van der Waals surface area contributed by atoms with Crippen molar-refractivity contribution in [3.63, 3.8) is 0 Å². The predicted octanol–water partition coefficient (Wildman–Crippen LogP) is 2.21. The number of rotatable bonds is 8. The molecule has 0 bridgehead atoms. The van der Waals surface area contributed by atoms with Crippen LogP contribution in [-0.4, -0.2) is 42.3 Å². The number of ether oxygens (including phenoxy) is 2. The molecule has 1 aromatic carbocycles. The normalized spacial score (nSPS) is 19.9. The summed E-state index contributed by atoms with van der Waals surface area (Å²) in [5, 5.41) is 11.8. The van der Waals surface area contributed by atoms with Crippen molar-refractivity contribution >= 4 is 11.9 Å². The van der Waals surface area contributed by atoms with Gasteiger partial charge in [-0.2, -0.15) is 0 Å². The Balaban J connectivity index is 1.74. The van der Waals surface area contributed by atoms with Crippen LogP contribution in [0.4, 0.5) is 0 Å². The molecule has 0 radical (unpaired) electrons. The monoisotopic (exact) mass is 335 g/mol. The van der Waals surface area contributed by atoms with Gasteiger partial charge in [0.2, 0.25) is 5.91 Å². The van der Waals surface area contributed by atoms with Crippen LogP contribution in [0.25, 0.3) is 0 Å². The molecule has 0 aromatic heterocycles. The molecule has 1 amide bonds. The van der Waals surface area contributed by atoms with Gasteiger partial charge in [0, 0.05) is 13.0 Å². The topological polar surface area (TPSA) is 84.9 Å². The van der Waals surface area contributed by atoms with Crippen molar-refractivity contribution in [3.8, 4) is 5.75 Å². The highest BCUT2D eigenvalue weighted by Gasteiger charge is 2.38. The van der Waals surface area contributed by atoms with Gasteiger partial charge in [-0.05, 0) is 49.9 Å². The first-order chi connectivity index (χ1) is 11.4. The number of hydrogen-bond acceptors (Lipinski definition) is 4. The van der Waals surface area contributed by atoms with Crippen molar-refractivity contribution < 1.29 is 24.2 Å². The minimum Gasteiger partial charge on any atom is -0.494 e. The van der Waals surface area contributed by atoms with E-state index in [-0.39, 0.29) is 18.9 Å². The van der Waals surface area contributed by atoms with Crippen LogP contribution in [0.1, 0.15) is 36.8 Å². The van der Waals surface area contributed by atoms with Gasteiger partial charge < -0.3 is 19.9 Å². The Labute approximate surface area is 142 Å². The van der Waals surface area contributed by atoms with Crippen LogP contribution in [-0.2, 0) is 14.3 Å². The molecule has 1 heterocycles. The van der Waals surface area contributed by atoms with Crippen LogP contribution in [0, 0.1) is 13.8 Å². The summed E-state index contributed by atoms with van der Waals surface area (Å²) in [5.41, 5.74) is 1.61.